The highest BCUT2D eigenvalue weighted by molar-refractivity contribution is 5.82. The first-order valence-corrected chi connectivity index (χ1v) is 6.92. The molecule has 0 aromatic heterocycles. The van der Waals surface area contributed by atoms with Crippen LogP contribution in [-0.4, -0.2) is 23.7 Å². The highest BCUT2D eigenvalue weighted by Crippen LogP contribution is 2.34. The molecule has 1 amide bonds. The van der Waals surface area contributed by atoms with Gasteiger partial charge in [0.05, 0.1) is 6.10 Å². The lowest BCUT2D eigenvalue weighted by atomic mass is 9.81. The van der Waals surface area contributed by atoms with Crippen molar-refractivity contribution in [3.63, 3.8) is 0 Å². The van der Waals surface area contributed by atoms with Crippen molar-refractivity contribution in [3.05, 3.63) is 0 Å². The van der Waals surface area contributed by atoms with Crippen molar-refractivity contribution in [1.82, 2.24) is 5.32 Å². The zero-order valence-corrected chi connectivity index (χ0v) is 11.5. The lowest BCUT2D eigenvalue weighted by molar-refractivity contribution is -0.131. The normalized spacial score (nSPS) is 21.9. The second-order valence-corrected chi connectivity index (χ2v) is 6.00. The number of aliphatic hydroxyl groups excluding tert-OH is 1. The molecule has 1 fully saturated rings. The smallest absolute Gasteiger partial charge is 0.226 e. The average molecular weight is 241 g/mol. The Morgan fingerprint density at radius 2 is 1.76 bits per heavy atom. The molecule has 0 radical (unpaired) electrons. The van der Waals surface area contributed by atoms with E-state index in [1.165, 1.54) is 12.8 Å². The molecule has 1 rings (SSSR count). The van der Waals surface area contributed by atoms with Gasteiger partial charge in [0.1, 0.15) is 0 Å². The summed E-state index contributed by atoms with van der Waals surface area (Å²) in [6.07, 6.45) is 6.32. The second kappa shape index (κ2) is 6.39. The van der Waals surface area contributed by atoms with E-state index in [1.807, 2.05) is 13.8 Å². The van der Waals surface area contributed by atoms with Gasteiger partial charge in [0.15, 0.2) is 0 Å². The molecule has 0 aromatic rings. The van der Waals surface area contributed by atoms with E-state index in [-0.39, 0.29) is 17.2 Å². The fraction of sp³-hybridized carbons (Fsp3) is 0.929. The topological polar surface area (TPSA) is 49.3 Å². The molecule has 0 aromatic carbocycles. The predicted molar refractivity (Wildman–Crippen MR) is 69.7 cm³/mol. The molecule has 1 aliphatic rings. The highest BCUT2D eigenvalue weighted by Gasteiger charge is 2.33. The number of hydrogen-bond donors (Lipinski definition) is 2. The number of hydrogen-bond acceptors (Lipinski definition) is 2. The van der Waals surface area contributed by atoms with Crippen LogP contribution in [0, 0.1) is 11.3 Å². The fourth-order valence-corrected chi connectivity index (χ4v) is 2.38. The molecule has 0 spiro atoms. The van der Waals surface area contributed by atoms with E-state index in [1.54, 1.807) is 0 Å². The lowest BCUT2D eigenvalue weighted by Crippen LogP contribution is -2.43. The summed E-state index contributed by atoms with van der Waals surface area (Å²) in [5, 5.41) is 12.6. The molecule has 17 heavy (non-hydrogen) atoms. The minimum atomic E-state index is -0.437. The fourth-order valence-electron chi connectivity index (χ4n) is 2.38. The van der Waals surface area contributed by atoms with Crippen molar-refractivity contribution < 1.29 is 9.90 Å². The molecule has 0 bridgehead atoms. The number of nitrogens with one attached hydrogen (secondary N) is 1. The molecular weight excluding hydrogens is 214 g/mol. The van der Waals surface area contributed by atoms with E-state index in [0.29, 0.717) is 6.54 Å². The van der Waals surface area contributed by atoms with E-state index in [4.69, 9.17) is 0 Å². The molecule has 2 N–H and O–H groups in total. The molecule has 1 unspecified atom stereocenters. The van der Waals surface area contributed by atoms with Crippen LogP contribution in [0.15, 0.2) is 0 Å². The second-order valence-electron chi connectivity index (χ2n) is 6.00. The third-order valence-electron chi connectivity index (χ3n) is 4.00. The Balaban J connectivity index is 2.44. The standard InChI is InChI=1S/C14H27NO2/c1-11(2)12(16)10-15-13(17)14(3)8-6-4-5-7-9-14/h11-12,16H,4-10H2,1-3H3,(H,15,17). The van der Waals surface area contributed by atoms with E-state index in [0.717, 1.165) is 25.7 Å². The summed E-state index contributed by atoms with van der Waals surface area (Å²) >= 11 is 0. The Morgan fingerprint density at radius 3 is 2.24 bits per heavy atom. The van der Waals surface area contributed by atoms with Crippen LogP contribution in [0.5, 0.6) is 0 Å². The number of amides is 1. The summed E-state index contributed by atoms with van der Waals surface area (Å²) in [7, 11) is 0. The summed E-state index contributed by atoms with van der Waals surface area (Å²) in [4.78, 5) is 12.2. The van der Waals surface area contributed by atoms with E-state index >= 15 is 0 Å². The summed E-state index contributed by atoms with van der Waals surface area (Å²) in [6.45, 7) is 6.37. The van der Waals surface area contributed by atoms with Crippen molar-refractivity contribution in [1.29, 1.82) is 0 Å². The maximum absolute atomic E-state index is 12.2. The Hall–Kier alpha value is -0.570. The Labute approximate surface area is 105 Å². The minimum absolute atomic E-state index is 0.124. The number of carbonyl (C=O) groups is 1. The first kappa shape index (κ1) is 14.5. The van der Waals surface area contributed by atoms with Gasteiger partial charge in [-0.2, -0.15) is 0 Å². The molecule has 0 saturated heterocycles. The van der Waals surface area contributed by atoms with Gasteiger partial charge in [0.2, 0.25) is 5.91 Å². The minimum Gasteiger partial charge on any atom is -0.391 e. The number of rotatable bonds is 4. The van der Waals surface area contributed by atoms with Gasteiger partial charge in [0.25, 0.3) is 0 Å². The van der Waals surface area contributed by atoms with Gasteiger partial charge in [-0.3, -0.25) is 4.79 Å². The largest absolute Gasteiger partial charge is 0.391 e. The Bertz CT molecular complexity index is 243. The summed E-state index contributed by atoms with van der Waals surface area (Å²) in [6, 6.07) is 0. The van der Waals surface area contributed by atoms with Crippen molar-refractivity contribution in [2.45, 2.75) is 65.4 Å². The molecule has 1 aliphatic carbocycles. The molecule has 1 atom stereocenters. The highest BCUT2D eigenvalue weighted by atomic mass is 16.3. The monoisotopic (exact) mass is 241 g/mol. The lowest BCUT2D eigenvalue weighted by Gasteiger charge is -2.27. The van der Waals surface area contributed by atoms with Gasteiger partial charge < -0.3 is 10.4 Å². The van der Waals surface area contributed by atoms with Crippen LogP contribution >= 0.6 is 0 Å². The van der Waals surface area contributed by atoms with Crippen molar-refractivity contribution in [2.75, 3.05) is 6.54 Å². The molecule has 1 saturated carbocycles. The summed E-state index contributed by atoms with van der Waals surface area (Å²) in [5.41, 5.74) is -0.215. The van der Waals surface area contributed by atoms with Crippen LogP contribution in [0.4, 0.5) is 0 Å². The first-order valence-electron chi connectivity index (χ1n) is 6.92. The maximum Gasteiger partial charge on any atom is 0.226 e. The van der Waals surface area contributed by atoms with Crippen LogP contribution in [-0.2, 0) is 4.79 Å². The maximum atomic E-state index is 12.2. The van der Waals surface area contributed by atoms with Gasteiger partial charge in [0, 0.05) is 12.0 Å². The van der Waals surface area contributed by atoms with E-state index < -0.39 is 6.10 Å². The molecule has 3 heteroatoms. The molecule has 0 heterocycles. The van der Waals surface area contributed by atoms with Crippen molar-refractivity contribution in [2.24, 2.45) is 11.3 Å². The molecule has 3 nitrogen and oxygen atoms in total. The van der Waals surface area contributed by atoms with Crippen molar-refractivity contribution >= 4 is 5.91 Å². The summed E-state index contributed by atoms with van der Waals surface area (Å²) in [5.74, 6) is 0.316. The third kappa shape index (κ3) is 4.30. The average Bonchev–Trinajstić information content (AvgIpc) is 2.51. The Morgan fingerprint density at radius 1 is 1.24 bits per heavy atom. The van der Waals surface area contributed by atoms with Crippen LogP contribution in [0.1, 0.15) is 59.3 Å². The number of aliphatic hydroxyl groups is 1. The zero-order chi connectivity index (χ0) is 12.9. The zero-order valence-electron chi connectivity index (χ0n) is 11.5. The SMILES string of the molecule is CC(C)C(O)CNC(=O)C1(C)CCCCCC1. The molecular formula is C14H27NO2. The number of carbonyl (C=O) groups excluding carboxylic acids is 1. The van der Waals surface area contributed by atoms with E-state index in [2.05, 4.69) is 12.2 Å². The Kier molecular flexibility index (Phi) is 5.44. The summed E-state index contributed by atoms with van der Waals surface area (Å²) < 4.78 is 0. The van der Waals surface area contributed by atoms with Crippen LogP contribution in [0.3, 0.4) is 0 Å². The predicted octanol–water partition coefficient (Wildman–Crippen LogP) is 2.48. The molecule has 100 valence electrons. The van der Waals surface area contributed by atoms with Gasteiger partial charge in [-0.1, -0.05) is 46.5 Å². The van der Waals surface area contributed by atoms with Crippen molar-refractivity contribution in [3.8, 4) is 0 Å². The van der Waals surface area contributed by atoms with Crippen LogP contribution in [0.25, 0.3) is 0 Å². The molecule has 0 aliphatic heterocycles. The van der Waals surface area contributed by atoms with Gasteiger partial charge >= 0.3 is 0 Å². The quantitative estimate of drug-likeness (QED) is 0.743. The van der Waals surface area contributed by atoms with Gasteiger partial charge in [-0.25, -0.2) is 0 Å². The first-order chi connectivity index (χ1) is 7.96. The van der Waals surface area contributed by atoms with E-state index in [9.17, 15) is 9.90 Å². The van der Waals surface area contributed by atoms with Crippen LogP contribution in [0.2, 0.25) is 0 Å². The van der Waals surface area contributed by atoms with Crippen LogP contribution < -0.4 is 5.32 Å². The van der Waals surface area contributed by atoms with Gasteiger partial charge in [-0.05, 0) is 18.8 Å². The van der Waals surface area contributed by atoms with Gasteiger partial charge in [-0.15, -0.1) is 0 Å². The third-order valence-corrected chi connectivity index (χ3v) is 4.00.